The van der Waals surface area contributed by atoms with Gasteiger partial charge >= 0.3 is 0 Å². The minimum atomic E-state index is -0.243. The molecule has 9 nitrogen and oxygen atoms in total. The van der Waals surface area contributed by atoms with Crippen LogP contribution in [0.2, 0.25) is 0 Å². The first-order chi connectivity index (χ1) is 16.5. The van der Waals surface area contributed by atoms with Crippen LogP contribution in [0, 0.1) is 0 Å². The number of amides is 1. The van der Waals surface area contributed by atoms with E-state index in [4.69, 9.17) is 14.2 Å². The van der Waals surface area contributed by atoms with E-state index in [-0.39, 0.29) is 18.1 Å². The van der Waals surface area contributed by atoms with Crippen LogP contribution in [0.15, 0.2) is 50.8 Å². The van der Waals surface area contributed by atoms with Crippen LogP contribution in [0.4, 0.5) is 0 Å². The molecule has 1 saturated heterocycles. The van der Waals surface area contributed by atoms with Crippen LogP contribution in [0.3, 0.4) is 0 Å². The molecule has 10 heteroatoms. The molecular formula is C24H25BrN4O5. The maximum atomic E-state index is 13.0. The van der Waals surface area contributed by atoms with Crippen LogP contribution in [0.1, 0.15) is 18.3 Å². The van der Waals surface area contributed by atoms with E-state index in [1.54, 1.807) is 41.4 Å². The molecule has 1 fully saturated rings. The molecule has 2 heterocycles. The lowest BCUT2D eigenvalue weighted by Crippen LogP contribution is -2.43. The van der Waals surface area contributed by atoms with Gasteiger partial charge in [0.25, 0.3) is 11.5 Å². The number of carbonyl (C=O) groups excluding carboxylic acids is 1. The minimum Gasteiger partial charge on any atom is -0.493 e. The Morgan fingerprint density at radius 2 is 2.00 bits per heavy atom. The number of benzene rings is 2. The van der Waals surface area contributed by atoms with Gasteiger partial charge in [-0.3, -0.25) is 9.59 Å². The average molecular weight is 529 g/mol. The summed E-state index contributed by atoms with van der Waals surface area (Å²) in [6, 6.07) is 10.6. The van der Waals surface area contributed by atoms with E-state index in [9.17, 15) is 9.59 Å². The summed E-state index contributed by atoms with van der Waals surface area (Å²) in [5.41, 5.74) is 1.09. The zero-order valence-corrected chi connectivity index (χ0v) is 20.6. The second-order valence-electron chi connectivity index (χ2n) is 7.60. The number of hydrogen-bond donors (Lipinski definition) is 0. The quantitative estimate of drug-likeness (QED) is 0.437. The van der Waals surface area contributed by atoms with Gasteiger partial charge in [-0.05, 0) is 42.0 Å². The molecule has 0 atom stereocenters. The molecule has 1 aromatic heterocycles. The average Bonchev–Trinajstić information content (AvgIpc) is 2.87. The van der Waals surface area contributed by atoms with Gasteiger partial charge in [0.15, 0.2) is 18.1 Å². The summed E-state index contributed by atoms with van der Waals surface area (Å²) in [6.45, 7) is 4.04. The highest BCUT2D eigenvalue weighted by atomic mass is 79.9. The third-order valence-corrected chi connectivity index (χ3v) is 5.91. The molecule has 0 unspecified atom stereocenters. The van der Waals surface area contributed by atoms with Gasteiger partial charge in [0.1, 0.15) is 5.82 Å². The number of carbonyl (C=O) groups is 1. The second-order valence-corrected chi connectivity index (χ2v) is 8.51. The van der Waals surface area contributed by atoms with Crippen molar-refractivity contribution in [2.45, 2.75) is 13.3 Å². The Hall–Kier alpha value is -3.24. The van der Waals surface area contributed by atoms with E-state index in [0.717, 1.165) is 4.47 Å². The predicted octanol–water partition coefficient (Wildman–Crippen LogP) is 2.85. The molecule has 0 saturated carbocycles. The molecule has 1 aliphatic heterocycles. The lowest BCUT2D eigenvalue weighted by molar-refractivity contribution is -0.137. The fourth-order valence-corrected chi connectivity index (χ4v) is 3.96. The van der Waals surface area contributed by atoms with Crippen molar-refractivity contribution in [2.24, 2.45) is 5.10 Å². The summed E-state index contributed by atoms with van der Waals surface area (Å²) in [5, 5.41) is 4.88. The van der Waals surface area contributed by atoms with E-state index in [2.05, 4.69) is 26.0 Å². The first-order valence-electron chi connectivity index (χ1n) is 10.9. The molecule has 0 bridgehead atoms. The molecule has 3 aromatic rings. The van der Waals surface area contributed by atoms with Crippen molar-refractivity contribution in [2.75, 3.05) is 40.0 Å². The van der Waals surface area contributed by atoms with Crippen molar-refractivity contribution in [3.05, 3.63) is 62.6 Å². The molecule has 0 spiro atoms. The van der Waals surface area contributed by atoms with Crippen molar-refractivity contribution < 1.29 is 19.0 Å². The van der Waals surface area contributed by atoms with Gasteiger partial charge < -0.3 is 19.1 Å². The summed E-state index contributed by atoms with van der Waals surface area (Å²) in [6.07, 6.45) is 2.11. The number of rotatable bonds is 7. The van der Waals surface area contributed by atoms with Crippen molar-refractivity contribution in [1.82, 2.24) is 14.6 Å². The Labute approximate surface area is 205 Å². The molecular weight excluding hydrogens is 504 g/mol. The number of ether oxygens (including phenoxy) is 3. The number of fused-ring (bicyclic) bond motifs is 1. The monoisotopic (exact) mass is 528 g/mol. The molecule has 4 rings (SSSR count). The third kappa shape index (κ3) is 5.28. The van der Waals surface area contributed by atoms with Gasteiger partial charge in [-0.15, -0.1) is 0 Å². The lowest BCUT2D eigenvalue weighted by atomic mass is 10.2. The highest BCUT2D eigenvalue weighted by Crippen LogP contribution is 2.27. The van der Waals surface area contributed by atoms with Crippen LogP contribution in [0.5, 0.6) is 11.5 Å². The molecule has 0 radical (unpaired) electrons. The highest BCUT2D eigenvalue weighted by Gasteiger charge is 2.18. The van der Waals surface area contributed by atoms with Crippen LogP contribution >= 0.6 is 15.9 Å². The number of methoxy groups -OCH3 is 1. The maximum Gasteiger partial charge on any atom is 0.282 e. The number of morpholine rings is 1. The highest BCUT2D eigenvalue weighted by molar-refractivity contribution is 9.10. The summed E-state index contributed by atoms with van der Waals surface area (Å²) in [7, 11) is 1.53. The summed E-state index contributed by atoms with van der Waals surface area (Å²) >= 11 is 3.40. The Balaban J connectivity index is 1.54. The van der Waals surface area contributed by atoms with Crippen molar-refractivity contribution >= 4 is 39.0 Å². The van der Waals surface area contributed by atoms with Crippen LogP contribution in [0.25, 0.3) is 10.9 Å². The fraction of sp³-hybridized carbons (Fsp3) is 0.333. The van der Waals surface area contributed by atoms with Crippen LogP contribution < -0.4 is 15.0 Å². The van der Waals surface area contributed by atoms with Crippen molar-refractivity contribution in [3.63, 3.8) is 0 Å². The number of aromatic nitrogens is 2. The van der Waals surface area contributed by atoms with Gasteiger partial charge in [-0.1, -0.05) is 22.9 Å². The predicted molar refractivity (Wildman–Crippen MR) is 132 cm³/mol. The number of halogens is 1. The summed E-state index contributed by atoms with van der Waals surface area (Å²) in [5.74, 6) is 1.37. The van der Waals surface area contributed by atoms with E-state index in [1.807, 2.05) is 13.0 Å². The maximum absolute atomic E-state index is 13.0. The second kappa shape index (κ2) is 10.8. The van der Waals surface area contributed by atoms with E-state index < -0.39 is 0 Å². The molecule has 178 valence electrons. The Kier molecular flexibility index (Phi) is 7.59. The SMILES string of the molecule is CCc1nc2ccc(Br)cc2c(=O)n1N=Cc1ccc(OCC(=O)N2CCOCC2)c(OC)c1. The Morgan fingerprint density at radius 1 is 1.21 bits per heavy atom. The van der Waals surface area contributed by atoms with Gasteiger partial charge in [-0.25, -0.2) is 4.98 Å². The molecule has 0 aliphatic carbocycles. The van der Waals surface area contributed by atoms with Gasteiger partial charge in [0.2, 0.25) is 0 Å². The number of aryl methyl sites for hydroxylation is 1. The number of hydrogen-bond acceptors (Lipinski definition) is 7. The van der Waals surface area contributed by atoms with E-state index in [0.29, 0.717) is 66.5 Å². The van der Waals surface area contributed by atoms with Crippen molar-refractivity contribution in [1.29, 1.82) is 0 Å². The summed E-state index contributed by atoms with van der Waals surface area (Å²) < 4.78 is 18.5. The first kappa shape index (κ1) is 23.9. The van der Waals surface area contributed by atoms with Crippen LogP contribution in [-0.2, 0) is 16.0 Å². The lowest BCUT2D eigenvalue weighted by Gasteiger charge is -2.26. The Morgan fingerprint density at radius 3 is 2.74 bits per heavy atom. The standard InChI is InChI=1S/C24H25BrN4O5/c1-3-22-27-19-6-5-17(25)13-18(19)24(31)29(22)26-14-16-4-7-20(21(12-16)32-2)34-15-23(30)28-8-10-33-11-9-28/h4-7,12-14H,3,8-11,15H2,1-2H3. The molecule has 0 N–H and O–H groups in total. The third-order valence-electron chi connectivity index (χ3n) is 5.42. The molecule has 1 amide bonds. The zero-order chi connectivity index (χ0) is 24.1. The molecule has 2 aromatic carbocycles. The largest absolute Gasteiger partial charge is 0.493 e. The topological polar surface area (TPSA) is 95.3 Å². The Bertz CT molecular complexity index is 1280. The zero-order valence-electron chi connectivity index (χ0n) is 19.0. The normalized spacial score (nSPS) is 14.0. The van der Waals surface area contributed by atoms with Crippen LogP contribution in [-0.4, -0.2) is 66.7 Å². The molecule has 34 heavy (non-hydrogen) atoms. The number of nitrogens with zero attached hydrogens (tertiary/aromatic N) is 4. The van der Waals surface area contributed by atoms with E-state index in [1.165, 1.54) is 11.8 Å². The fourth-order valence-electron chi connectivity index (χ4n) is 3.59. The van der Waals surface area contributed by atoms with Gasteiger partial charge in [0, 0.05) is 24.0 Å². The minimum absolute atomic E-state index is 0.0859. The van der Waals surface area contributed by atoms with Crippen molar-refractivity contribution in [3.8, 4) is 11.5 Å². The smallest absolute Gasteiger partial charge is 0.282 e. The molecule has 1 aliphatic rings. The van der Waals surface area contributed by atoms with E-state index >= 15 is 0 Å². The van der Waals surface area contributed by atoms with Gasteiger partial charge in [-0.2, -0.15) is 9.78 Å². The summed E-state index contributed by atoms with van der Waals surface area (Å²) in [4.78, 5) is 31.7. The van der Waals surface area contributed by atoms with Gasteiger partial charge in [0.05, 0.1) is 37.4 Å². The first-order valence-corrected chi connectivity index (χ1v) is 11.7.